The van der Waals surface area contributed by atoms with Gasteiger partial charge in [0.2, 0.25) is 0 Å². The van der Waals surface area contributed by atoms with E-state index in [9.17, 15) is 19.1 Å². The van der Waals surface area contributed by atoms with Gasteiger partial charge in [0.25, 0.3) is 5.56 Å². The lowest BCUT2D eigenvalue weighted by Crippen LogP contribution is -2.40. The highest BCUT2D eigenvalue weighted by molar-refractivity contribution is 4.99. The zero-order chi connectivity index (χ0) is 14.4. The minimum absolute atomic E-state index is 0.604. The number of halogens is 1. The SMILES string of the molecule is [2H][C@]1(CO)O[C@@H](n2ccc(=O)[nH]c2=O)[C@](C)(F)[C@@H]1C. The molecule has 1 aromatic heterocycles. The Balaban J connectivity index is 2.51. The topological polar surface area (TPSA) is 84.3 Å². The first-order valence-corrected chi connectivity index (χ1v) is 5.51. The number of nitrogens with one attached hydrogen (secondary N) is 1. The number of hydrogen-bond acceptors (Lipinski definition) is 4. The van der Waals surface area contributed by atoms with Crippen molar-refractivity contribution >= 4 is 0 Å². The van der Waals surface area contributed by atoms with E-state index < -0.39 is 41.8 Å². The van der Waals surface area contributed by atoms with Crippen LogP contribution in [0.3, 0.4) is 0 Å². The normalized spacial score (nSPS) is 40.8. The number of aromatic nitrogens is 2. The van der Waals surface area contributed by atoms with Crippen molar-refractivity contribution in [2.45, 2.75) is 31.8 Å². The minimum Gasteiger partial charge on any atom is -0.394 e. The van der Waals surface area contributed by atoms with E-state index >= 15 is 0 Å². The number of nitrogens with zero attached hydrogens (tertiary/aromatic N) is 1. The van der Waals surface area contributed by atoms with E-state index in [1.165, 1.54) is 13.8 Å². The van der Waals surface area contributed by atoms with Crippen molar-refractivity contribution in [3.05, 3.63) is 33.1 Å². The van der Waals surface area contributed by atoms with Crippen molar-refractivity contribution in [3.63, 3.8) is 0 Å². The van der Waals surface area contributed by atoms with Crippen LogP contribution < -0.4 is 11.2 Å². The van der Waals surface area contributed by atoms with E-state index in [1.807, 2.05) is 4.98 Å². The first-order chi connectivity index (χ1) is 8.72. The van der Waals surface area contributed by atoms with Crippen molar-refractivity contribution in [3.8, 4) is 0 Å². The summed E-state index contributed by atoms with van der Waals surface area (Å²) in [5, 5.41) is 9.18. The monoisotopic (exact) mass is 259 g/mol. The van der Waals surface area contributed by atoms with Crippen LogP contribution >= 0.6 is 0 Å². The molecule has 0 aromatic carbocycles. The molecule has 1 saturated heterocycles. The predicted octanol–water partition coefficient (Wildman–Crippen LogP) is -0.209. The second-order valence-electron chi connectivity index (χ2n) is 4.48. The van der Waals surface area contributed by atoms with Crippen LogP contribution in [0.4, 0.5) is 4.39 Å². The number of aliphatic hydroxyl groups is 1. The number of hydrogen-bond donors (Lipinski definition) is 2. The van der Waals surface area contributed by atoms with Crippen LogP contribution in [0.25, 0.3) is 0 Å². The standard InChI is InChI=1S/C11H15FN2O4/c1-6-7(5-15)18-9(11(6,2)12)14-4-3-8(16)13-10(14)17/h3-4,6-7,9,15H,5H2,1-2H3,(H,13,16,17)/t6-,7-,9-,11-/m1/s1/i7D. The smallest absolute Gasteiger partial charge is 0.330 e. The Hall–Kier alpha value is -1.47. The van der Waals surface area contributed by atoms with Gasteiger partial charge >= 0.3 is 5.69 Å². The highest BCUT2D eigenvalue weighted by Crippen LogP contribution is 2.44. The van der Waals surface area contributed by atoms with Crippen LogP contribution in [0.1, 0.15) is 21.4 Å². The quantitative estimate of drug-likeness (QED) is 0.769. The largest absolute Gasteiger partial charge is 0.394 e. The molecule has 0 radical (unpaired) electrons. The van der Waals surface area contributed by atoms with Gasteiger partial charge in [-0.3, -0.25) is 14.3 Å². The molecule has 2 N–H and O–H groups in total. The molecular formula is C11H15FN2O4. The number of alkyl halides is 1. The summed E-state index contributed by atoms with van der Waals surface area (Å²) in [6, 6.07) is 1.06. The Kier molecular flexibility index (Phi) is 2.79. The van der Waals surface area contributed by atoms with E-state index in [0.29, 0.717) is 0 Å². The van der Waals surface area contributed by atoms with E-state index in [4.69, 9.17) is 6.11 Å². The fourth-order valence-corrected chi connectivity index (χ4v) is 2.00. The molecule has 7 heteroatoms. The van der Waals surface area contributed by atoms with Crippen molar-refractivity contribution in [1.82, 2.24) is 9.55 Å². The van der Waals surface area contributed by atoms with Crippen molar-refractivity contribution < 1.29 is 15.6 Å². The van der Waals surface area contributed by atoms with E-state index in [0.717, 1.165) is 16.8 Å². The minimum atomic E-state index is -2.04. The second-order valence-corrected chi connectivity index (χ2v) is 4.48. The Morgan fingerprint density at radius 1 is 1.72 bits per heavy atom. The number of rotatable bonds is 2. The first kappa shape index (κ1) is 11.6. The molecule has 18 heavy (non-hydrogen) atoms. The maximum Gasteiger partial charge on any atom is 0.330 e. The summed E-state index contributed by atoms with van der Waals surface area (Å²) in [6.07, 6.45) is -2.10. The van der Waals surface area contributed by atoms with Gasteiger partial charge in [-0.1, -0.05) is 6.92 Å². The van der Waals surface area contributed by atoms with Gasteiger partial charge in [0.05, 0.1) is 14.1 Å². The van der Waals surface area contributed by atoms with E-state index in [-0.39, 0.29) is 0 Å². The summed E-state index contributed by atoms with van der Waals surface area (Å²) in [5.41, 5.74) is -3.46. The van der Waals surface area contributed by atoms with Crippen molar-refractivity contribution in [2.75, 3.05) is 6.61 Å². The van der Waals surface area contributed by atoms with Gasteiger partial charge in [-0.15, -0.1) is 0 Å². The zero-order valence-corrected chi connectivity index (χ0v) is 10.0. The average molecular weight is 259 g/mol. The highest BCUT2D eigenvalue weighted by Gasteiger charge is 2.53. The molecule has 1 fully saturated rings. The van der Waals surface area contributed by atoms with E-state index in [1.54, 1.807) is 0 Å². The number of ether oxygens (including phenoxy) is 1. The van der Waals surface area contributed by atoms with Gasteiger partial charge in [-0.05, 0) is 6.92 Å². The van der Waals surface area contributed by atoms with Crippen LogP contribution in [0.2, 0.25) is 0 Å². The summed E-state index contributed by atoms with van der Waals surface area (Å²) in [7, 11) is 0. The molecular weight excluding hydrogens is 243 g/mol. The molecule has 6 nitrogen and oxygen atoms in total. The van der Waals surface area contributed by atoms with Gasteiger partial charge in [0, 0.05) is 18.2 Å². The second kappa shape index (κ2) is 4.33. The number of aromatic amines is 1. The maximum absolute atomic E-state index is 14.7. The van der Waals surface area contributed by atoms with Crippen LogP contribution in [-0.2, 0) is 4.74 Å². The molecule has 2 rings (SSSR count). The van der Waals surface area contributed by atoms with Crippen LogP contribution in [-0.4, -0.2) is 33.0 Å². The van der Waals surface area contributed by atoms with Gasteiger partial charge < -0.3 is 9.84 Å². The number of H-pyrrole nitrogens is 1. The molecule has 0 spiro atoms. The van der Waals surface area contributed by atoms with Gasteiger partial charge in [-0.2, -0.15) is 0 Å². The lowest BCUT2D eigenvalue weighted by Gasteiger charge is -2.25. The molecule has 2 heterocycles. The summed E-state index contributed by atoms with van der Waals surface area (Å²) in [4.78, 5) is 24.6. The summed E-state index contributed by atoms with van der Waals surface area (Å²) >= 11 is 0. The first-order valence-electron chi connectivity index (χ1n) is 6.01. The van der Waals surface area contributed by atoms with E-state index in [2.05, 4.69) is 0 Å². The molecule has 100 valence electrons. The highest BCUT2D eigenvalue weighted by atomic mass is 19.1. The van der Waals surface area contributed by atoms with Gasteiger partial charge in [0.1, 0.15) is 0 Å². The molecule has 0 bridgehead atoms. The Morgan fingerprint density at radius 3 is 2.89 bits per heavy atom. The molecule has 1 aliphatic rings. The fraction of sp³-hybridized carbons (Fsp3) is 0.636. The van der Waals surface area contributed by atoms with Crippen LogP contribution in [0.5, 0.6) is 0 Å². The van der Waals surface area contributed by atoms with Gasteiger partial charge in [-0.25, -0.2) is 9.18 Å². The van der Waals surface area contributed by atoms with Gasteiger partial charge in [0.15, 0.2) is 11.9 Å². The predicted molar refractivity (Wildman–Crippen MR) is 61.0 cm³/mol. The van der Waals surface area contributed by atoms with Crippen LogP contribution in [0, 0.1) is 5.92 Å². The Bertz CT molecular complexity index is 599. The molecule has 0 saturated carbocycles. The maximum atomic E-state index is 14.7. The zero-order valence-electron chi connectivity index (χ0n) is 11.0. The number of aliphatic hydroxyl groups excluding tert-OH is 1. The van der Waals surface area contributed by atoms with Crippen molar-refractivity contribution in [1.29, 1.82) is 0 Å². The molecule has 1 aromatic rings. The Labute approximate surface area is 103 Å². The van der Waals surface area contributed by atoms with Crippen LogP contribution in [0.15, 0.2) is 21.9 Å². The molecule has 0 unspecified atom stereocenters. The molecule has 1 aliphatic heterocycles. The molecule has 0 amide bonds. The third-order valence-corrected chi connectivity index (χ3v) is 3.34. The summed E-state index contributed by atoms with van der Waals surface area (Å²) in [5.74, 6) is -0.950. The fourth-order valence-electron chi connectivity index (χ4n) is 2.00. The summed E-state index contributed by atoms with van der Waals surface area (Å²) in [6.45, 7) is 1.94. The lowest BCUT2D eigenvalue weighted by molar-refractivity contribution is -0.0611. The molecule has 0 aliphatic carbocycles. The summed E-state index contributed by atoms with van der Waals surface area (Å²) < 4.78 is 28.7. The average Bonchev–Trinajstić information content (AvgIpc) is 2.51. The third-order valence-electron chi connectivity index (χ3n) is 3.34. The third kappa shape index (κ3) is 1.89. The lowest BCUT2D eigenvalue weighted by atomic mass is 9.90. The Morgan fingerprint density at radius 2 is 2.39 bits per heavy atom. The molecule has 4 atom stereocenters. The van der Waals surface area contributed by atoms with Crippen molar-refractivity contribution in [2.24, 2.45) is 5.92 Å².